The zero-order chi connectivity index (χ0) is 20.3. The maximum atomic E-state index is 12.6. The van der Waals surface area contributed by atoms with E-state index in [9.17, 15) is 9.59 Å². The van der Waals surface area contributed by atoms with Gasteiger partial charge < -0.3 is 15.0 Å². The first-order valence-corrected chi connectivity index (χ1v) is 8.63. The lowest BCUT2D eigenvalue weighted by atomic mass is 10.2. The van der Waals surface area contributed by atoms with Crippen LogP contribution in [0.5, 0.6) is 5.75 Å². The molecule has 0 bridgehead atoms. The number of carbonyl (C=O) groups is 2. The Morgan fingerprint density at radius 2 is 1.86 bits per heavy atom. The second kappa shape index (κ2) is 7.91. The lowest BCUT2D eigenvalue weighted by molar-refractivity contribution is -0.116. The molecule has 0 aliphatic heterocycles. The molecule has 1 heterocycles. The highest BCUT2D eigenvalue weighted by atomic mass is 16.5. The molecule has 28 heavy (non-hydrogen) atoms. The smallest absolute Gasteiger partial charge is 0.278 e. The van der Waals surface area contributed by atoms with Crippen molar-refractivity contribution in [2.45, 2.75) is 13.8 Å². The average molecular weight is 379 g/mol. The summed E-state index contributed by atoms with van der Waals surface area (Å²) in [6.45, 7) is 3.27. The van der Waals surface area contributed by atoms with Gasteiger partial charge in [-0.15, -0.1) is 5.10 Å². The van der Waals surface area contributed by atoms with E-state index in [0.29, 0.717) is 17.1 Å². The van der Waals surface area contributed by atoms with Crippen LogP contribution < -0.4 is 15.0 Å². The van der Waals surface area contributed by atoms with Crippen LogP contribution in [-0.2, 0) is 4.79 Å². The van der Waals surface area contributed by atoms with Crippen LogP contribution in [0.15, 0.2) is 48.5 Å². The first kappa shape index (κ1) is 19.1. The van der Waals surface area contributed by atoms with Gasteiger partial charge in [-0.1, -0.05) is 11.3 Å². The summed E-state index contributed by atoms with van der Waals surface area (Å²) in [7, 11) is 3.28. The van der Waals surface area contributed by atoms with Crippen LogP contribution in [0.4, 0.5) is 11.4 Å². The van der Waals surface area contributed by atoms with Crippen LogP contribution in [0.25, 0.3) is 5.69 Å². The molecule has 2 aromatic carbocycles. The molecule has 0 fully saturated rings. The zero-order valence-corrected chi connectivity index (χ0v) is 16.1. The second-order valence-electron chi connectivity index (χ2n) is 6.22. The van der Waals surface area contributed by atoms with Gasteiger partial charge in [-0.2, -0.15) is 0 Å². The number of carbonyl (C=O) groups excluding carboxylic acids is 2. The van der Waals surface area contributed by atoms with E-state index in [1.54, 1.807) is 50.0 Å². The molecule has 0 spiro atoms. The quantitative estimate of drug-likeness (QED) is 0.736. The highest BCUT2D eigenvalue weighted by Crippen LogP contribution is 2.20. The highest BCUT2D eigenvalue weighted by molar-refractivity contribution is 6.03. The predicted molar refractivity (Wildman–Crippen MR) is 106 cm³/mol. The summed E-state index contributed by atoms with van der Waals surface area (Å²) in [4.78, 5) is 25.6. The Bertz CT molecular complexity index is 1010. The summed E-state index contributed by atoms with van der Waals surface area (Å²) >= 11 is 0. The summed E-state index contributed by atoms with van der Waals surface area (Å²) in [5.41, 5.74) is 2.93. The number of amides is 2. The van der Waals surface area contributed by atoms with E-state index in [4.69, 9.17) is 4.74 Å². The summed E-state index contributed by atoms with van der Waals surface area (Å²) < 4.78 is 6.81. The fraction of sp³-hybridized carbons (Fsp3) is 0.200. The Balaban J connectivity index is 1.78. The molecular formula is C20H21N5O3. The Morgan fingerprint density at radius 1 is 1.14 bits per heavy atom. The summed E-state index contributed by atoms with van der Waals surface area (Å²) in [5, 5.41) is 10.9. The van der Waals surface area contributed by atoms with Crippen LogP contribution in [0.3, 0.4) is 0 Å². The van der Waals surface area contributed by atoms with Crippen molar-refractivity contribution in [1.29, 1.82) is 0 Å². The monoisotopic (exact) mass is 379 g/mol. The van der Waals surface area contributed by atoms with Crippen molar-refractivity contribution in [3.05, 3.63) is 59.9 Å². The van der Waals surface area contributed by atoms with Crippen LogP contribution in [0.1, 0.15) is 23.1 Å². The zero-order valence-electron chi connectivity index (χ0n) is 16.1. The molecule has 0 atom stereocenters. The Kier molecular flexibility index (Phi) is 5.39. The topological polar surface area (TPSA) is 89.3 Å². The predicted octanol–water partition coefficient (Wildman–Crippen LogP) is 2.82. The van der Waals surface area contributed by atoms with Crippen molar-refractivity contribution in [2.24, 2.45) is 0 Å². The third-order valence-electron chi connectivity index (χ3n) is 4.39. The number of nitrogens with one attached hydrogen (secondary N) is 1. The van der Waals surface area contributed by atoms with Gasteiger partial charge in [0.25, 0.3) is 5.91 Å². The van der Waals surface area contributed by atoms with Crippen molar-refractivity contribution in [2.75, 3.05) is 24.4 Å². The number of anilines is 2. The van der Waals surface area contributed by atoms with E-state index >= 15 is 0 Å². The number of hydrogen-bond donors (Lipinski definition) is 1. The Morgan fingerprint density at radius 3 is 2.50 bits per heavy atom. The Hall–Kier alpha value is -3.68. The number of benzene rings is 2. The second-order valence-corrected chi connectivity index (χ2v) is 6.22. The molecule has 0 saturated carbocycles. The van der Waals surface area contributed by atoms with Gasteiger partial charge in [0.15, 0.2) is 5.69 Å². The van der Waals surface area contributed by atoms with E-state index in [0.717, 1.165) is 11.4 Å². The molecule has 0 unspecified atom stereocenters. The molecule has 1 N–H and O–H groups in total. The van der Waals surface area contributed by atoms with Crippen molar-refractivity contribution in [1.82, 2.24) is 15.0 Å². The van der Waals surface area contributed by atoms with E-state index in [1.165, 1.54) is 11.8 Å². The summed E-state index contributed by atoms with van der Waals surface area (Å²) in [6, 6.07) is 14.3. The molecule has 2 amide bonds. The van der Waals surface area contributed by atoms with Crippen LogP contribution in [0, 0.1) is 6.92 Å². The third kappa shape index (κ3) is 3.85. The number of methoxy groups -OCH3 is 1. The van der Waals surface area contributed by atoms with Gasteiger partial charge in [0.1, 0.15) is 5.75 Å². The lowest BCUT2D eigenvalue weighted by Crippen LogP contribution is -2.22. The highest BCUT2D eigenvalue weighted by Gasteiger charge is 2.18. The van der Waals surface area contributed by atoms with Crippen molar-refractivity contribution in [3.63, 3.8) is 0 Å². The molecular weight excluding hydrogens is 358 g/mol. The molecule has 8 heteroatoms. The van der Waals surface area contributed by atoms with Gasteiger partial charge in [0, 0.05) is 31.4 Å². The number of rotatable bonds is 5. The molecule has 0 saturated heterocycles. The maximum Gasteiger partial charge on any atom is 0.278 e. The van der Waals surface area contributed by atoms with Gasteiger partial charge >= 0.3 is 0 Å². The van der Waals surface area contributed by atoms with E-state index in [2.05, 4.69) is 15.6 Å². The maximum absolute atomic E-state index is 12.6. The number of hydrogen-bond acceptors (Lipinski definition) is 5. The minimum Gasteiger partial charge on any atom is -0.497 e. The fourth-order valence-electron chi connectivity index (χ4n) is 2.67. The molecule has 1 aromatic heterocycles. The molecule has 8 nitrogen and oxygen atoms in total. The first-order valence-electron chi connectivity index (χ1n) is 8.63. The first-order chi connectivity index (χ1) is 13.4. The Labute approximate surface area is 162 Å². The standard InChI is InChI=1S/C20H21N5O3/c1-13-19(22-23-25(13)17-6-5-7-18(12-17)28-4)20(27)21-15-8-10-16(11-9-15)24(3)14(2)26/h5-12H,1-4H3,(H,21,27). The van der Waals surface area contributed by atoms with Crippen molar-refractivity contribution in [3.8, 4) is 11.4 Å². The van der Waals surface area contributed by atoms with Gasteiger partial charge in [0.2, 0.25) is 5.91 Å². The lowest BCUT2D eigenvalue weighted by Gasteiger charge is -2.15. The molecule has 3 aromatic rings. The van der Waals surface area contributed by atoms with Crippen molar-refractivity contribution < 1.29 is 14.3 Å². The molecule has 0 aliphatic carbocycles. The SMILES string of the molecule is COc1cccc(-n2nnc(C(=O)Nc3ccc(N(C)C(C)=O)cc3)c2C)c1. The largest absolute Gasteiger partial charge is 0.497 e. The van der Waals surface area contributed by atoms with Crippen LogP contribution in [-0.4, -0.2) is 41.0 Å². The fourth-order valence-corrected chi connectivity index (χ4v) is 2.67. The van der Waals surface area contributed by atoms with E-state index < -0.39 is 0 Å². The summed E-state index contributed by atoms with van der Waals surface area (Å²) in [6.07, 6.45) is 0. The van der Waals surface area contributed by atoms with Crippen molar-refractivity contribution >= 4 is 23.2 Å². The number of nitrogens with zero attached hydrogens (tertiary/aromatic N) is 4. The molecule has 0 aliphatic rings. The summed E-state index contributed by atoms with van der Waals surface area (Å²) in [5.74, 6) is 0.259. The molecule has 0 radical (unpaired) electrons. The third-order valence-corrected chi connectivity index (χ3v) is 4.39. The van der Waals surface area contributed by atoms with Gasteiger partial charge in [-0.25, -0.2) is 4.68 Å². The van der Waals surface area contributed by atoms with E-state index in [-0.39, 0.29) is 17.5 Å². The van der Waals surface area contributed by atoms with Crippen LogP contribution in [0.2, 0.25) is 0 Å². The van der Waals surface area contributed by atoms with Gasteiger partial charge in [-0.3, -0.25) is 9.59 Å². The number of aromatic nitrogens is 3. The molecule has 3 rings (SSSR count). The van der Waals surface area contributed by atoms with Gasteiger partial charge in [0.05, 0.1) is 18.5 Å². The van der Waals surface area contributed by atoms with E-state index in [1.807, 2.05) is 24.3 Å². The minimum absolute atomic E-state index is 0.0680. The van der Waals surface area contributed by atoms with Gasteiger partial charge in [-0.05, 0) is 43.3 Å². The minimum atomic E-state index is -0.362. The molecule has 144 valence electrons. The number of ether oxygens (including phenoxy) is 1. The van der Waals surface area contributed by atoms with Crippen LogP contribution >= 0.6 is 0 Å². The normalized spacial score (nSPS) is 10.4. The average Bonchev–Trinajstić information content (AvgIpc) is 3.09.